The normalized spacial score (nSPS) is 10.3. The van der Waals surface area contributed by atoms with E-state index in [0.717, 1.165) is 6.42 Å². The Bertz CT molecular complexity index is 545. The van der Waals surface area contributed by atoms with E-state index >= 15 is 0 Å². The first kappa shape index (κ1) is 12.4. The van der Waals surface area contributed by atoms with Crippen LogP contribution in [0.5, 0.6) is 0 Å². The second-order valence-electron chi connectivity index (χ2n) is 4.34. The molecular weight excluding hydrogens is 226 g/mol. The van der Waals surface area contributed by atoms with Gasteiger partial charge in [-0.3, -0.25) is 9.48 Å². The van der Waals surface area contributed by atoms with Crippen molar-refractivity contribution in [2.75, 3.05) is 6.54 Å². The molecule has 0 radical (unpaired) electrons. The molecule has 18 heavy (non-hydrogen) atoms. The van der Waals surface area contributed by atoms with E-state index in [1.807, 2.05) is 12.1 Å². The highest BCUT2D eigenvalue weighted by Crippen LogP contribution is 2.07. The van der Waals surface area contributed by atoms with Crippen molar-refractivity contribution in [3.8, 4) is 0 Å². The van der Waals surface area contributed by atoms with Gasteiger partial charge >= 0.3 is 0 Å². The van der Waals surface area contributed by atoms with Gasteiger partial charge in [-0.15, -0.1) is 0 Å². The Balaban J connectivity index is 1.86. The zero-order chi connectivity index (χ0) is 13.0. The molecule has 0 fully saturated rings. The minimum Gasteiger partial charge on any atom is -0.352 e. The maximum atomic E-state index is 11.8. The molecule has 0 saturated heterocycles. The van der Waals surface area contributed by atoms with Gasteiger partial charge in [-0.05, 0) is 24.5 Å². The van der Waals surface area contributed by atoms with Crippen molar-refractivity contribution < 1.29 is 4.79 Å². The van der Waals surface area contributed by atoms with E-state index in [9.17, 15) is 4.79 Å². The molecule has 0 aliphatic carbocycles. The quantitative estimate of drug-likeness (QED) is 0.888. The number of aromatic nitrogens is 2. The molecule has 4 heteroatoms. The summed E-state index contributed by atoms with van der Waals surface area (Å²) in [5, 5.41) is 6.87. The van der Waals surface area contributed by atoms with Gasteiger partial charge in [0.05, 0.1) is 11.8 Å². The largest absolute Gasteiger partial charge is 0.352 e. The molecule has 0 aliphatic heterocycles. The Hall–Kier alpha value is -2.10. The average Bonchev–Trinajstić information content (AvgIpc) is 2.78. The lowest BCUT2D eigenvalue weighted by atomic mass is 10.1. The molecule has 0 bridgehead atoms. The number of hydrogen-bond donors (Lipinski definition) is 1. The van der Waals surface area contributed by atoms with Gasteiger partial charge in [-0.1, -0.05) is 24.3 Å². The molecule has 1 aromatic heterocycles. The molecule has 2 aromatic rings. The Morgan fingerprint density at radius 3 is 2.83 bits per heavy atom. The van der Waals surface area contributed by atoms with Gasteiger partial charge in [-0.2, -0.15) is 5.10 Å². The predicted molar refractivity (Wildman–Crippen MR) is 70.4 cm³/mol. The molecule has 1 aromatic carbocycles. The Kier molecular flexibility index (Phi) is 3.77. The molecule has 4 nitrogen and oxygen atoms in total. The number of rotatable bonds is 4. The standard InChI is InChI=1S/C14H17N3O/c1-11-5-3-4-6-12(11)7-8-15-14(18)13-9-16-17(2)10-13/h3-6,9-10H,7-8H2,1-2H3,(H,15,18). The van der Waals surface area contributed by atoms with Crippen LogP contribution in [-0.2, 0) is 13.5 Å². The lowest BCUT2D eigenvalue weighted by Gasteiger charge is -2.06. The van der Waals surface area contributed by atoms with Crippen molar-refractivity contribution >= 4 is 5.91 Å². The number of carbonyl (C=O) groups is 1. The lowest BCUT2D eigenvalue weighted by Crippen LogP contribution is -2.25. The van der Waals surface area contributed by atoms with E-state index < -0.39 is 0 Å². The minimum atomic E-state index is -0.0725. The Morgan fingerprint density at radius 2 is 2.17 bits per heavy atom. The fraction of sp³-hybridized carbons (Fsp3) is 0.286. The third-order valence-corrected chi connectivity index (χ3v) is 2.91. The molecule has 0 saturated carbocycles. The summed E-state index contributed by atoms with van der Waals surface area (Å²) in [5.74, 6) is -0.0725. The topological polar surface area (TPSA) is 46.9 Å². The first-order valence-electron chi connectivity index (χ1n) is 5.98. The fourth-order valence-electron chi connectivity index (χ4n) is 1.84. The molecule has 94 valence electrons. The maximum Gasteiger partial charge on any atom is 0.254 e. The number of nitrogens with one attached hydrogen (secondary N) is 1. The molecule has 0 atom stereocenters. The SMILES string of the molecule is Cc1ccccc1CCNC(=O)c1cnn(C)c1. The number of hydrogen-bond acceptors (Lipinski definition) is 2. The van der Waals surface area contributed by atoms with E-state index in [-0.39, 0.29) is 5.91 Å². The van der Waals surface area contributed by atoms with Crippen LogP contribution in [-0.4, -0.2) is 22.2 Å². The zero-order valence-electron chi connectivity index (χ0n) is 10.7. The van der Waals surface area contributed by atoms with Crippen molar-refractivity contribution in [3.05, 3.63) is 53.3 Å². The monoisotopic (exact) mass is 243 g/mol. The van der Waals surface area contributed by atoms with E-state index in [2.05, 4.69) is 29.5 Å². The van der Waals surface area contributed by atoms with E-state index in [1.54, 1.807) is 24.1 Å². The zero-order valence-corrected chi connectivity index (χ0v) is 10.7. The fourth-order valence-corrected chi connectivity index (χ4v) is 1.84. The van der Waals surface area contributed by atoms with Crippen LogP contribution in [0.3, 0.4) is 0 Å². The summed E-state index contributed by atoms with van der Waals surface area (Å²) in [6, 6.07) is 8.21. The molecule has 1 amide bonds. The Labute approximate surface area is 107 Å². The van der Waals surface area contributed by atoms with Gasteiger partial charge < -0.3 is 5.32 Å². The van der Waals surface area contributed by atoms with Crippen LogP contribution in [0.15, 0.2) is 36.7 Å². The number of benzene rings is 1. The van der Waals surface area contributed by atoms with Crippen LogP contribution in [0, 0.1) is 6.92 Å². The molecule has 2 rings (SSSR count). The molecular formula is C14H17N3O. The van der Waals surface area contributed by atoms with Gasteiger partial charge in [0.1, 0.15) is 0 Å². The highest BCUT2D eigenvalue weighted by molar-refractivity contribution is 5.93. The molecule has 1 heterocycles. The summed E-state index contributed by atoms with van der Waals surface area (Å²) in [6.07, 6.45) is 4.13. The van der Waals surface area contributed by atoms with Gasteiger partial charge in [0.2, 0.25) is 0 Å². The maximum absolute atomic E-state index is 11.8. The van der Waals surface area contributed by atoms with Crippen LogP contribution < -0.4 is 5.32 Å². The number of amides is 1. The van der Waals surface area contributed by atoms with E-state index in [1.165, 1.54) is 11.1 Å². The second-order valence-corrected chi connectivity index (χ2v) is 4.34. The first-order valence-corrected chi connectivity index (χ1v) is 5.98. The highest BCUT2D eigenvalue weighted by atomic mass is 16.1. The van der Waals surface area contributed by atoms with E-state index in [4.69, 9.17) is 0 Å². The first-order chi connectivity index (χ1) is 8.66. The molecule has 0 unspecified atom stereocenters. The van der Waals surface area contributed by atoms with Crippen molar-refractivity contribution in [1.82, 2.24) is 15.1 Å². The lowest BCUT2D eigenvalue weighted by molar-refractivity contribution is 0.0954. The third kappa shape index (κ3) is 2.97. The summed E-state index contributed by atoms with van der Waals surface area (Å²) >= 11 is 0. The molecule has 0 aliphatic rings. The second kappa shape index (κ2) is 5.49. The van der Waals surface area contributed by atoms with Crippen molar-refractivity contribution in [3.63, 3.8) is 0 Å². The summed E-state index contributed by atoms with van der Waals surface area (Å²) in [7, 11) is 1.80. The van der Waals surface area contributed by atoms with Crippen LogP contribution in [0.25, 0.3) is 0 Å². The van der Waals surface area contributed by atoms with Gasteiger partial charge in [0.15, 0.2) is 0 Å². The summed E-state index contributed by atoms with van der Waals surface area (Å²) < 4.78 is 1.62. The number of aryl methyl sites for hydroxylation is 2. The summed E-state index contributed by atoms with van der Waals surface area (Å²) in [5.41, 5.74) is 3.12. The predicted octanol–water partition coefficient (Wildman–Crippen LogP) is 1.70. The van der Waals surface area contributed by atoms with Crippen molar-refractivity contribution in [1.29, 1.82) is 0 Å². The third-order valence-electron chi connectivity index (χ3n) is 2.91. The van der Waals surface area contributed by atoms with Crippen LogP contribution >= 0.6 is 0 Å². The van der Waals surface area contributed by atoms with Crippen LogP contribution in [0.4, 0.5) is 0 Å². The van der Waals surface area contributed by atoms with Gasteiger partial charge in [-0.25, -0.2) is 0 Å². The summed E-state index contributed by atoms with van der Waals surface area (Å²) in [6.45, 7) is 2.72. The molecule has 0 spiro atoms. The van der Waals surface area contributed by atoms with Gasteiger partial charge in [0.25, 0.3) is 5.91 Å². The summed E-state index contributed by atoms with van der Waals surface area (Å²) in [4.78, 5) is 11.8. The Morgan fingerprint density at radius 1 is 1.39 bits per heavy atom. The van der Waals surface area contributed by atoms with Crippen LogP contribution in [0.1, 0.15) is 21.5 Å². The smallest absolute Gasteiger partial charge is 0.254 e. The van der Waals surface area contributed by atoms with Crippen molar-refractivity contribution in [2.45, 2.75) is 13.3 Å². The average molecular weight is 243 g/mol. The highest BCUT2D eigenvalue weighted by Gasteiger charge is 2.06. The minimum absolute atomic E-state index is 0.0725. The van der Waals surface area contributed by atoms with Crippen LogP contribution in [0.2, 0.25) is 0 Å². The number of nitrogens with zero attached hydrogens (tertiary/aromatic N) is 2. The van der Waals surface area contributed by atoms with E-state index in [0.29, 0.717) is 12.1 Å². The molecule has 1 N–H and O–H groups in total. The number of carbonyl (C=O) groups excluding carboxylic acids is 1. The van der Waals surface area contributed by atoms with Crippen molar-refractivity contribution in [2.24, 2.45) is 7.05 Å². The van der Waals surface area contributed by atoms with Gasteiger partial charge in [0, 0.05) is 19.8 Å².